The van der Waals surface area contributed by atoms with Gasteiger partial charge in [0.2, 0.25) is 5.91 Å². The summed E-state index contributed by atoms with van der Waals surface area (Å²) in [6.07, 6.45) is 3.56. The van der Waals surface area contributed by atoms with Gasteiger partial charge < -0.3 is 24.3 Å². The van der Waals surface area contributed by atoms with Gasteiger partial charge in [-0.2, -0.15) is 0 Å². The van der Waals surface area contributed by atoms with E-state index in [1.165, 1.54) is 0 Å². The van der Waals surface area contributed by atoms with Crippen LogP contribution >= 0.6 is 0 Å². The van der Waals surface area contributed by atoms with Crippen LogP contribution in [-0.4, -0.2) is 53.6 Å². The van der Waals surface area contributed by atoms with Gasteiger partial charge in [0.25, 0.3) is 0 Å². The van der Waals surface area contributed by atoms with Crippen molar-refractivity contribution in [2.24, 2.45) is 0 Å². The fraction of sp³-hybridized carbons (Fsp3) is 0.478. The number of aryl methyl sites for hydroxylation is 1. The molecule has 162 valence electrons. The van der Waals surface area contributed by atoms with Crippen LogP contribution in [0.1, 0.15) is 38.0 Å². The van der Waals surface area contributed by atoms with Crippen molar-refractivity contribution in [3.05, 3.63) is 54.0 Å². The van der Waals surface area contributed by atoms with E-state index in [1.807, 2.05) is 51.1 Å². The number of rotatable bonds is 8. The van der Waals surface area contributed by atoms with E-state index >= 15 is 0 Å². The molecule has 7 nitrogen and oxygen atoms in total. The molecule has 1 fully saturated rings. The van der Waals surface area contributed by atoms with E-state index in [4.69, 9.17) is 9.15 Å². The standard InChI is InChI=1S/C23H31N3O4/c1-17(2)26(23(28)24-19-10-8-18(3)9-11-19)16-22(27)25(14-20-6-4-12-29-20)15-21-7-5-13-30-21/h4,6,8-12,17,21H,5,7,13-16H2,1-3H3,(H,24,28)/t21-/m0/s1. The summed E-state index contributed by atoms with van der Waals surface area (Å²) in [6, 6.07) is 10.8. The van der Waals surface area contributed by atoms with Gasteiger partial charge in [-0.05, 0) is 57.9 Å². The molecule has 0 spiro atoms. The zero-order valence-corrected chi connectivity index (χ0v) is 18.0. The summed E-state index contributed by atoms with van der Waals surface area (Å²) < 4.78 is 11.2. The monoisotopic (exact) mass is 413 g/mol. The van der Waals surface area contributed by atoms with Gasteiger partial charge >= 0.3 is 6.03 Å². The molecule has 0 saturated carbocycles. The Morgan fingerprint density at radius 1 is 1.20 bits per heavy atom. The average molecular weight is 414 g/mol. The number of carbonyl (C=O) groups is 2. The topological polar surface area (TPSA) is 75.0 Å². The van der Waals surface area contributed by atoms with Crippen molar-refractivity contribution < 1.29 is 18.7 Å². The van der Waals surface area contributed by atoms with E-state index in [9.17, 15) is 9.59 Å². The summed E-state index contributed by atoms with van der Waals surface area (Å²) >= 11 is 0. The van der Waals surface area contributed by atoms with E-state index in [0.29, 0.717) is 24.5 Å². The average Bonchev–Trinajstić information content (AvgIpc) is 3.41. The van der Waals surface area contributed by atoms with E-state index in [1.54, 1.807) is 22.1 Å². The van der Waals surface area contributed by atoms with Gasteiger partial charge in [-0.25, -0.2) is 4.79 Å². The van der Waals surface area contributed by atoms with Crippen LogP contribution < -0.4 is 5.32 Å². The molecule has 1 aromatic carbocycles. The van der Waals surface area contributed by atoms with Crippen LogP contribution in [-0.2, 0) is 16.1 Å². The van der Waals surface area contributed by atoms with Crippen LogP contribution in [0.15, 0.2) is 47.1 Å². The summed E-state index contributed by atoms with van der Waals surface area (Å²) in [4.78, 5) is 29.3. The molecule has 1 aliphatic rings. The Kier molecular flexibility index (Phi) is 7.52. The Hall–Kier alpha value is -2.80. The fourth-order valence-corrected chi connectivity index (χ4v) is 3.45. The third-order valence-electron chi connectivity index (χ3n) is 5.22. The maximum Gasteiger partial charge on any atom is 0.322 e. The number of furan rings is 1. The molecule has 1 saturated heterocycles. The highest BCUT2D eigenvalue weighted by Gasteiger charge is 2.27. The van der Waals surface area contributed by atoms with Gasteiger partial charge in [-0.3, -0.25) is 4.79 Å². The molecule has 1 atom stereocenters. The zero-order chi connectivity index (χ0) is 21.5. The molecular formula is C23H31N3O4. The first-order valence-electron chi connectivity index (χ1n) is 10.5. The Morgan fingerprint density at radius 2 is 1.97 bits per heavy atom. The maximum atomic E-state index is 13.2. The highest BCUT2D eigenvalue weighted by Crippen LogP contribution is 2.17. The fourth-order valence-electron chi connectivity index (χ4n) is 3.45. The first kappa shape index (κ1) is 21.9. The second-order valence-corrected chi connectivity index (χ2v) is 8.01. The van der Waals surface area contributed by atoms with Crippen LogP contribution in [0.5, 0.6) is 0 Å². The van der Waals surface area contributed by atoms with Crippen molar-refractivity contribution in [3.8, 4) is 0 Å². The summed E-state index contributed by atoms with van der Waals surface area (Å²) in [7, 11) is 0. The van der Waals surface area contributed by atoms with Gasteiger partial charge in [-0.15, -0.1) is 0 Å². The molecule has 0 bridgehead atoms. The van der Waals surface area contributed by atoms with E-state index in [-0.39, 0.29) is 30.6 Å². The van der Waals surface area contributed by atoms with Crippen LogP contribution in [0.3, 0.4) is 0 Å². The molecule has 0 unspecified atom stereocenters. The van der Waals surface area contributed by atoms with E-state index < -0.39 is 0 Å². The van der Waals surface area contributed by atoms with Crippen LogP contribution in [0.2, 0.25) is 0 Å². The third kappa shape index (κ3) is 6.10. The number of ether oxygens (including phenoxy) is 1. The Bertz CT molecular complexity index is 811. The summed E-state index contributed by atoms with van der Waals surface area (Å²) in [5.41, 5.74) is 1.82. The maximum absolute atomic E-state index is 13.2. The van der Waals surface area contributed by atoms with Crippen molar-refractivity contribution in [2.45, 2.75) is 52.3 Å². The predicted molar refractivity (Wildman–Crippen MR) is 115 cm³/mol. The van der Waals surface area contributed by atoms with E-state index in [2.05, 4.69) is 5.32 Å². The zero-order valence-electron chi connectivity index (χ0n) is 18.0. The molecule has 3 rings (SSSR count). The normalized spacial score (nSPS) is 15.9. The van der Waals surface area contributed by atoms with Crippen LogP contribution in [0, 0.1) is 6.92 Å². The van der Waals surface area contributed by atoms with Crippen LogP contribution in [0.4, 0.5) is 10.5 Å². The lowest BCUT2D eigenvalue weighted by Crippen LogP contribution is -2.48. The number of nitrogens with zero attached hydrogens (tertiary/aromatic N) is 2. The number of hydrogen-bond donors (Lipinski definition) is 1. The highest BCUT2D eigenvalue weighted by atomic mass is 16.5. The van der Waals surface area contributed by atoms with Crippen molar-refractivity contribution in [1.82, 2.24) is 9.80 Å². The molecule has 30 heavy (non-hydrogen) atoms. The number of carbonyl (C=O) groups excluding carboxylic acids is 2. The lowest BCUT2D eigenvalue weighted by Gasteiger charge is -2.30. The number of urea groups is 1. The molecule has 1 N–H and O–H groups in total. The quantitative estimate of drug-likeness (QED) is 0.709. The Balaban J connectivity index is 1.67. The van der Waals surface area contributed by atoms with Crippen molar-refractivity contribution in [1.29, 1.82) is 0 Å². The molecule has 1 aliphatic heterocycles. The van der Waals surface area contributed by atoms with Crippen molar-refractivity contribution in [2.75, 3.05) is 25.0 Å². The lowest BCUT2D eigenvalue weighted by molar-refractivity contribution is -0.134. The molecule has 1 aromatic heterocycles. The molecular weight excluding hydrogens is 382 g/mol. The molecule has 0 aliphatic carbocycles. The van der Waals surface area contributed by atoms with Gasteiger partial charge in [0.15, 0.2) is 0 Å². The number of nitrogens with one attached hydrogen (secondary N) is 1. The minimum atomic E-state index is -0.294. The molecule has 3 amide bonds. The minimum Gasteiger partial charge on any atom is -0.467 e. The van der Waals surface area contributed by atoms with Gasteiger partial charge in [0, 0.05) is 24.9 Å². The highest BCUT2D eigenvalue weighted by molar-refractivity contribution is 5.92. The number of amides is 3. The first-order chi connectivity index (χ1) is 14.4. The SMILES string of the molecule is Cc1ccc(NC(=O)N(CC(=O)N(Cc2ccco2)C[C@@H]2CCCO2)C(C)C)cc1. The second kappa shape index (κ2) is 10.3. The summed E-state index contributed by atoms with van der Waals surface area (Å²) in [5, 5.41) is 2.89. The lowest BCUT2D eigenvalue weighted by atomic mass is 10.2. The van der Waals surface area contributed by atoms with Gasteiger partial charge in [0.05, 0.1) is 18.9 Å². The molecule has 0 radical (unpaired) electrons. The largest absolute Gasteiger partial charge is 0.467 e. The molecule has 7 heteroatoms. The second-order valence-electron chi connectivity index (χ2n) is 8.01. The molecule has 2 heterocycles. The number of hydrogen-bond acceptors (Lipinski definition) is 4. The molecule has 2 aromatic rings. The van der Waals surface area contributed by atoms with E-state index in [0.717, 1.165) is 25.0 Å². The predicted octanol–water partition coefficient (Wildman–Crippen LogP) is 4.04. The van der Waals surface area contributed by atoms with Crippen molar-refractivity contribution in [3.63, 3.8) is 0 Å². The number of anilines is 1. The smallest absolute Gasteiger partial charge is 0.322 e. The minimum absolute atomic E-state index is 0.0111. The number of benzene rings is 1. The Labute approximate surface area is 178 Å². The Morgan fingerprint density at radius 3 is 2.57 bits per heavy atom. The van der Waals surface area contributed by atoms with Gasteiger partial charge in [0.1, 0.15) is 12.3 Å². The third-order valence-corrected chi connectivity index (χ3v) is 5.22. The first-order valence-corrected chi connectivity index (χ1v) is 10.5. The van der Waals surface area contributed by atoms with Gasteiger partial charge in [-0.1, -0.05) is 17.7 Å². The van der Waals surface area contributed by atoms with Crippen molar-refractivity contribution >= 4 is 17.6 Å². The summed E-state index contributed by atoms with van der Waals surface area (Å²) in [5.74, 6) is 0.580. The van der Waals surface area contributed by atoms with Crippen LogP contribution in [0.25, 0.3) is 0 Å². The summed E-state index contributed by atoms with van der Waals surface area (Å²) in [6.45, 7) is 7.36.